The molecule has 4 saturated carbocycles. The summed E-state index contributed by atoms with van der Waals surface area (Å²) in [4.78, 5) is 36.1. The molecule has 0 spiro atoms. The van der Waals surface area contributed by atoms with Crippen LogP contribution in [-0.4, -0.2) is 22.7 Å². The second-order valence-electron chi connectivity index (χ2n) is 10.5. The number of imide groups is 1. The van der Waals surface area contributed by atoms with Crippen LogP contribution in [0.15, 0.2) is 29.2 Å². The number of hydrogen-bond acceptors (Lipinski definition) is 4. The molecule has 1 saturated heterocycles. The van der Waals surface area contributed by atoms with Crippen molar-refractivity contribution >= 4 is 40.7 Å². The molecular formula is C23H27N3O3S. The van der Waals surface area contributed by atoms with Gasteiger partial charge in [-0.15, -0.1) is 0 Å². The van der Waals surface area contributed by atoms with Gasteiger partial charge in [0.25, 0.3) is 11.1 Å². The summed E-state index contributed by atoms with van der Waals surface area (Å²) in [5, 5.41) is 8.21. The lowest BCUT2D eigenvalue weighted by molar-refractivity contribution is -0.115. The summed E-state index contributed by atoms with van der Waals surface area (Å²) in [5.41, 5.74) is 2.12. The van der Waals surface area contributed by atoms with Crippen LogP contribution in [0.25, 0.3) is 6.08 Å². The molecule has 5 fully saturated rings. The Bertz CT molecular complexity index is 952. The highest BCUT2D eigenvalue weighted by Gasteiger charge is 2.60. The standard InChI is InChI=1S/C23H27N3O3S/c1-21-8-15-9-22(2,11-21)13-23(10-15,12-21)26-19(28)24-16-5-3-14(4-6-16)7-17-18(27)25-20(29)30-17/h3-7,15H,8-13H2,1-2H3,(H2,24,26,28)(H,25,27,29)/b17-7-/t15?,21-,22+,23?. The summed E-state index contributed by atoms with van der Waals surface area (Å²) < 4.78 is 0. The minimum atomic E-state index is -0.371. The topological polar surface area (TPSA) is 87.3 Å². The van der Waals surface area contributed by atoms with Gasteiger partial charge in [0.05, 0.1) is 4.91 Å². The monoisotopic (exact) mass is 425 g/mol. The molecular weight excluding hydrogens is 398 g/mol. The van der Waals surface area contributed by atoms with Gasteiger partial charge in [-0.3, -0.25) is 14.9 Å². The number of benzene rings is 1. The molecule has 5 aliphatic rings. The summed E-state index contributed by atoms with van der Waals surface area (Å²) in [5.74, 6) is 0.353. The van der Waals surface area contributed by atoms with Gasteiger partial charge >= 0.3 is 6.03 Å². The maximum Gasteiger partial charge on any atom is 0.319 e. The number of anilines is 1. The predicted octanol–water partition coefficient (Wildman–Crippen LogP) is 4.88. The Balaban J connectivity index is 1.25. The van der Waals surface area contributed by atoms with E-state index < -0.39 is 0 Å². The highest BCUT2D eigenvalue weighted by Crippen LogP contribution is 2.66. The fourth-order valence-electron chi connectivity index (χ4n) is 7.23. The van der Waals surface area contributed by atoms with Crippen molar-refractivity contribution in [2.24, 2.45) is 16.7 Å². The van der Waals surface area contributed by atoms with Crippen LogP contribution in [0.1, 0.15) is 57.9 Å². The van der Waals surface area contributed by atoms with Crippen molar-refractivity contribution in [3.63, 3.8) is 0 Å². The number of nitrogens with one attached hydrogen (secondary N) is 3. The van der Waals surface area contributed by atoms with E-state index in [0.29, 0.717) is 21.4 Å². The average molecular weight is 426 g/mol. The summed E-state index contributed by atoms with van der Waals surface area (Å²) in [6.07, 6.45) is 8.79. The van der Waals surface area contributed by atoms with E-state index in [-0.39, 0.29) is 22.7 Å². The van der Waals surface area contributed by atoms with E-state index in [1.54, 1.807) is 6.08 Å². The first-order valence-corrected chi connectivity index (χ1v) is 11.4. The number of amides is 4. The third-order valence-electron chi connectivity index (χ3n) is 7.11. The fraction of sp³-hybridized carbons (Fsp3) is 0.522. The molecule has 1 aromatic carbocycles. The van der Waals surface area contributed by atoms with Crippen molar-refractivity contribution in [2.75, 3.05) is 5.32 Å². The first-order valence-electron chi connectivity index (χ1n) is 10.6. The van der Waals surface area contributed by atoms with Crippen molar-refractivity contribution in [2.45, 2.75) is 57.9 Å². The zero-order valence-corrected chi connectivity index (χ0v) is 18.2. The Kier molecular flexibility index (Phi) is 4.33. The fourth-order valence-corrected chi connectivity index (χ4v) is 7.91. The van der Waals surface area contributed by atoms with Crippen LogP contribution in [0.3, 0.4) is 0 Å². The van der Waals surface area contributed by atoms with E-state index in [1.807, 2.05) is 24.3 Å². The van der Waals surface area contributed by atoms with Gasteiger partial charge in [0.1, 0.15) is 0 Å². The molecule has 1 aromatic rings. The molecule has 0 radical (unpaired) electrons. The van der Waals surface area contributed by atoms with Gasteiger partial charge in [0.15, 0.2) is 0 Å². The van der Waals surface area contributed by atoms with Gasteiger partial charge in [-0.2, -0.15) is 0 Å². The van der Waals surface area contributed by atoms with E-state index in [4.69, 9.17) is 0 Å². The number of carbonyl (C=O) groups is 3. The second kappa shape index (κ2) is 6.61. The number of carbonyl (C=O) groups excluding carboxylic acids is 3. The maximum absolute atomic E-state index is 12.8. The Hall–Kier alpha value is -2.28. The van der Waals surface area contributed by atoms with E-state index >= 15 is 0 Å². The van der Waals surface area contributed by atoms with Gasteiger partial charge in [-0.1, -0.05) is 26.0 Å². The normalized spacial score (nSPS) is 38.1. The number of rotatable bonds is 3. The van der Waals surface area contributed by atoms with Crippen LogP contribution in [0.5, 0.6) is 0 Å². The lowest BCUT2D eigenvalue weighted by Gasteiger charge is -2.65. The Morgan fingerprint density at radius 2 is 1.73 bits per heavy atom. The molecule has 4 atom stereocenters. The van der Waals surface area contributed by atoms with E-state index in [1.165, 1.54) is 19.3 Å². The number of thioether (sulfide) groups is 1. The first-order chi connectivity index (χ1) is 14.1. The molecule has 1 heterocycles. The molecule has 4 bridgehead atoms. The van der Waals surface area contributed by atoms with Gasteiger partial charge in [0.2, 0.25) is 0 Å². The minimum Gasteiger partial charge on any atom is -0.332 e. The Morgan fingerprint density at radius 1 is 1.07 bits per heavy atom. The number of hydrogen-bond donors (Lipinski definition) is 3. The Labute approximate surface area is 180 Å². The van der Waals surface area contributed by atoms with Crippen LogP contribution in [0.2, 0.25) is 0 Å². The van der Waals surface area contributed by atoms with Crippen LogP contribution in [0.4, 0.5) is 15.3 Å². The van der Waals surface area contributed by atoms with Crippen molar-refractivity contribution in [1.29, 1.82) is 0 Å². The molecule has 6 rings (SSSR count). The SMILES string of the molecule is C[C@]12CC3CC(NC(=O)Nc4ccc(/C=C5\SC(=O)NC5=O)cc4)(C1)C[C@@](C)(C3)C2. The summed E-state index contributed by atoms with van der Waals surface area (Å²) in [6, 6.07) is 7.13. The van der Waals surface area contributed by atoms with Crippen LogP contribution in [0, 0.1) is 16.7 Å². The highest BCUT2D eigenvalue weighted by atomic mass is 32.2. The van der Waals surface area contributed by atoms with Crippen molar-refractivity contribution in [3.05, 3.63) is 34.7 Å². The second-order valence-corrected chi connectivity index (χ2v) is 11.5. The molecule has 4 aliphatic carbocycles. The molecule has 0 aromatic heterocycles. The summed E-state index contributed by atoms with van der Waals surface area (Å²) in [7, 11) is 0. The van der Waals surface area contributed by atoms with E-state index in [9.17, 15) is 14.4 Å². The van der Waals surface area contributed by atoms with Gasteiger partial charge in [-0.05, 0) is 90.8 Å². The van der Waals surface area contributed by atoms with E-state index in [0.717, 1.165) is 42.5 Å². The molecule has 6 nitrogen and oxygen atoms in total. The van der Waals surface area contributed by atoms with Gasteiger partial charge in [0, 0.05) is 11.2 Å². The lowest BCUT2D eigenvalue weighted by Crippen LogP contribution is -2.65. The molecule has 4 amide bonds. The van der Waals surface area contributed by atoms with Gasteiger partial charge in [-0.25, -0.2) is 4.79 Å². The first kappa shape index (κ1) is 19.7. The van der Waals surface area contributed by atoms with Crippen molar-refractivity contribution in [3.8, 4) is 0 Å². The van der Waals surface area contributed by atoms with Crippen LogP contribution in [-0.2, 0) is 4.79 Å². The Morgan fingerprint density at radius 3 is 2.30 bits per heavy atom. The zero-order chi connectivity index (χ0) is 21.1. The minimum absolute atomic E-state index is 0.0864. The van der Waals surface area contributed by atoms with Crippen LogP contribution >= 0.6 is 11.8 Å². The maximum atomic E-state index is 12.8. The predicted molar refractivity (Wildman–Crippen MR) is 118 cm³/mol. The lowest BCUT2D eigenvalue weighted by atomic mass is 9.43. The summed E-state index contributed by atoms with van der Waals surface area (Å²) in [6.45, 7) is 4.79. The molecule has 3 N–H and O–H groups in total. The van der Waals surface area contributed by atoms with Gasteiger partial charge < -0.3 is 10.6 Å². The smallest absolute Gasteiger partial charge is 0.319 e. The van der Waals surface area contributed by atoms with Crippen LogP contribution < -0.4 is 16.0 Å². The summed E-state index contributed by atoms with van der Waals surface area (Å²) >= 11 is 0.895. The molecule has 7 heteroatoms. The quantitative estimate of drug-likeness (QED) is 0.602. The average Bonchev–Trinajstić information content (AvgIpc) is 2.90. The third-order valence-corrected chi connectivity index (χ3v) is 7.92. The molecule has 1 aliphatic heterocycles. The van der Waals surface area contributed by atoms with E-state index in [2.05, 4.69) is 29.8 Å². The third kappa shape index (κ3) is 3.64. The number of urea groups is 1. The molecule has 2 unspecified atom stereocenters. The largest absolute Gasteiger partial charge is 0.332 e. The zero-order valence-electron chi connectivity index (χ0n) is 17.3. The highest BCUT2D eigenvalue weighted by molar-refractivity contribution is 8.18. The molecule has 30 heavy (non-hydrogen) atoms. The van der Waals surface area contributed by atoms with Crippen molar-refractivity contribution < 1.29 is 14.4 Å². The molecule has 158 valence electrons. The van der Waals surface area contributed by atoms with Crippen molar-refractivity contribution in [1.82, 2.24) is 10.6 Å².